The smallest absolute Gasteiger partial charge is 0.143 e. The van der Waals surface area contributed by atoms with Gasteiger partial charge in [-0.3, -0.25) is 0 Å². The Labute approximate surface area is 138 Å². The third kappa shape index (κ3) is 3.54. The molecule has 21 heavy (non-hydrogen) atoms. The van der Waals surface area contributed by atoms with E-state index in [0.29, 0.717) is 32.1 Å². The Morgan fingerprint density at radius 3 is 2.43 bits per heavy atom. The number of hydrogen-bond acceptors (Lipinski definition) is 3. The summed E-state index contributed by atoms with van der Waals surface area (Å²) < 4.78 is 5.27. The van der Waals surface area contributed by atoms with Crippen molar-refractivity contribution in [3.05, 3.63) is 57.0 Å². The highest BCUT2D eigenvalue weighted by Crippen LogP contribution is 2.35. The van der Waals surface area contributed by atoms with Gasteiger partial charge in [0.15, 0.2) is 0 Å². The molecule has 2 aromatic carbocycles. The van der Waals surface area contributed by atoms with Gasteiger partial charge in [0.1, 0.15) is 11.8 Å². The Balaban J connectivity index is 2.36. The summed E-state index contributed by atoms with van der Waals surface area (Å²) in [6.45, 7) is 0. The lowest BCUT2D eigenvalue weighted by molar-refractivity contribution is 0.409. The molecule has 0 fully saturated rings. The van der Waals surface area contributed by atoms with Gasteiger partial charge in [0, 0.05) is 5.56 Å². The second kappa shape index (κ2) is 6.91. The van der Waals surface area contributed by atoms with E-state index in [9.17, 15) is 5.26 Å². The molecule has 1 atom stereocenters. The minimum absolute atomic E-state index is 0.359. The third-order valence-electron chi connectivity index (χ3n) is 2.89. The summed E-state index contributed by atoms with van der Waals surface area (Å²) in [4.78, 5) is 0. The summed E-state index contributed by atoms with van der Waals surface area (Å²) in [6, 6.07) is 11.9. The fourth-order valence-corrected chi connectivity index (χ4v) is 2.47. The van der Waals surface area contributed by atoms with Crippen LogP contribution in [0.3, 0.4) is 0 Å². The molecule has 0 aliphatic rings. The van der Waals surface area contributed by atoms with Gasteiger partial charge >= 0.3 is 0 Å². The van der Waals surface area contributed by atoms with E-state index in [2.05, 4.69) is 11.4 Å². The Bertz CT molecular complexity index is 698. The zero-order valence-corrected chi connectivity index (χ0v) is 13.3. The second-order valence-corrected chi connectivity index (χ2v) is 5.42. The van der Waals surface area contributed by atoms with Gasteiger partial charge < -0.3 is 10.1 Å². The van der Waals surface area contributed by atoms with E-state index in [0.717, 1.165) is 0 Å². The Morgan fingerprint density at radius 1 is 1.10 bits per heavy atom. The quantitative estimate of drug-likeness (QED) is 0.764. The topological polar surface area (TPSA) is 45.0 Å². The van der Waals surface area contributed by atoms with Crippen molar-refractivity contribution in [1.82, 2.24) is 0 Å². The molecule has 0 saturated carbocycles. The van der Waals surface area contributed by atoms with Gasteiger partial charge in [-0.05, 0) is 18.2 Å². The maximum Gasteiger partial charge on any atom is 0.143 e. The molecule has 0 bridgehead atoms. The molecule has 3 nitrogen and oxygen atoms in total. The first kappa shape index (κ1) is 15.8. The third-order valence-corrected chi connectivity index (χ3v) is 3.92. The number of rotatable bonds is 4. The summed E-state index contributed by atoms with van der Waals surface area (Å²) in [5.74, 6) is 0.618. The molecule has 1 unspecified atom stereocenters. The molecule has 6 heteroatoms. The average Bonchev–Trinajstić information content (AvgIpc) is 2.49. The molecule has 0 heterocycles. The monoisotopic (exact) mass is 340 g/mol. The molecule has 0 radical (unpaired) electrons. The number of para-hydroxylation sites is 1. The number of benzene rings is 2. The lowest BCUT2D eigenvalue weighted by Gasteiger charge is -2.17. The lowest BCUT2D eigenvalue weighted by Crippen LogP contribution is -2.10. The van der Waals surface area contributed by atoms with Gasteiger partial charge in [-0.1, -0.05) is 53.0 Å². The standard InChI is InChI=1S/C15H11Cl3N2O/c1-21-15-5-3-2-4-9(15)14(8-19)20-13-7-11(17)10(16)6-12(13)18/h2-7,14,20H,1H3. The van der Waals surface area contributed by atoms with Crippen LogP contribution in [0.2, 0.25) is 15.1 Å². The number of halogens is 3. The molecule has 2 rings (SSSR count). The van der Waals surface area contributed by atoms with Crippen molar-refractivity contribution >= 4 is 40.5 Å². The van der Waals surface area contributed by atoms with Crippen molar-refractivity contribution in [2.24, 2.45) is 0 Å². The molecule has 0 aliphatic carbocycles. The average molecular weight is 342 g/mol. The Hall–Kier alpha value is -1.60. The molecular formula is C15H11Cl3N2O. The van der Waals surface area contributed by atoms with Gasteiger partial charge in [-0.25, -0.2) is 0 Å². The van der Waals surface area contributed by atoms with Crippen LogP contribution in [-0.4, -0.2) is 7.11 Å². The van der Waals surface area contributed by atoms with Crippen LogP contribution in [0, 0.1) is 11.3 Å². The minimum atomic E-state index is -0.629. The van der Waals surface area contributed by atoms with Crippen LogP contribution in [0.4, 0.5) is 5.69 Å². The highest BCUT2D eigenvalue weighted by Gasteiger charge is 2.17. The molecule has 108 valence electrons. The molecule has 2 aromatic rings. The van der Waals surface area contributed by atoms with E-state index in [1.54, 1.807) is 19.2 Å². The molecule has 0 saturated heterocycles. The van der Waals surface area contributed by atoms with Crippen LogP contribution in [0.15, 0.2) is 36.4 Å². The number of ether oxygens (including phenoxy) is 1. The van der Waals surface area contributed by atoms with Crippen LogP contribution < -0.4 is 10.1 Å². The summed E-state index contributed by atoms with van der Waals surface area (Å²) in [5.41, 5.74) is 1.24. The van der Waals surface area contributed by atoms with E-state index in [4.69, 9.17) is 39.5 Å². The van der Waals surface area contributed by atoms with Crippen LogP contribution in [-0.2, 0) is 0 Å². The van der Waals surface area contributed by atoms with Crippen molar-refractivity contribution in [3.8, 4) is 11.8 Å². The molecule has 0 aromatic heterocycles. The highest BCUT2D eigenvalue weighted by atomic mass is 35.5. The van der Waals surface area contributed by atoms with Gasteiger partial charge in [-0.2, -0.15) is 5.26 Å². The number of nitrogens with zero attached hydrogens (tertiary/aromatic N) is 1. The second-order valence-electron chi connectivity index (χ2n) is 4.19. The summed E-state index contributed by atoms with van der Waals surface area (Å²) >= 11 is 18.0. The van der Waals surface area contributed by atoms with E-state index in [1.165, 1.54) is 6.07 Å². The van der Waals surface area contributed by atoms with Gasteiger partial charge in [0.25, 0.3) is 0 Å². The summed E-state index contributed by atoms with van der Waals surface area (Å²) in [7, 11) is 1.55. The van der Waals surface area contributed by atoms with Crippen LogP contribution in [0.1, 0.15) is 11.6 Å². The van der Waals surface area contributed by atoms with Gasteiger partial charge in [0.05, 0.1) is 33.9 Å². The Kier molecular flexibility index (Phi) is 5.19. The normalized spacial score (nSPS) is 11.6. The minimum Gasteiger partial charge on any atom is -0.496 e. The zero-order chi connectivity index (χ0) is 15.4. The van der Waals surface area contributed by atoms with Crippen LogP contribution in [0.25, 0.3) is 0 Å². The highest BCUT2D eigenvalue weighted by molar-refractivity contribution is 6.44. The Morgan fingerprint density at radius 2 is 1.76 bits per heavy atom. The first-order chi connectivity index (χ1) is 10.1. The maximum atomic E-state index is 9.41. The van der Waals surface area contributed by atoms with Crippen molar-refractivity contribution in [1.29, 1.82) is 5.26 Å². The van der Waals surface area contributed by atoms with Crippen molar-refractivity contribution in [2.45, 2.75) is 6.04 Å². The molecule has 1 N–H and O–H groups in total. The number of methoxy groups -OCH3 is 1. The predicted molar refractivity (Wildman–Crippen MR) is 86.4 cm³/mol. The number of nitriles is 1. The largest absolute Gasteiger partial charge is 0.496 e. The van der Waals surface area contributed by atoms with E-state index >= 15 is 0 Å². The summed E-state index contributed by atoms with van der Waals surface area (Å²) in [5, 5.41) is 13.6. The lowest BCUT2D eigenvalue weighted by atomic mass is 10.1. The first-order valence-electron chi connectivity index (χ1n) is 6.00. The molecule has 0 aliphatic heterocycles. The van der Waals surface area contributed by atoms with Gasteiger partial charge in [-0.15, -0.1) is 0 Å². The number of nitrogens with one attached hydrogen (secondary N) is 1. The first-order valence-corrected chi connectivity index (χ1v) is 7.13. The summed E-state index contributed by atoms with van der Waals surface area (Å²) in [6.07, 6.45) is 0. The van der Waals surface area contributed by atoms with Crippen molar-refractivity contribution in [2.75, 3.05) is 12.4 Å². The van der Waals surface area contributed by atoms with E-state index in [1.807, 2.05) is 18.2 Å². The van der Waals surface area contributed by atoms with Crippen LogP contribution in [0.5, 0.6) is 5.75 Å². The predicted octanol–water partition coefficient (Wildman–Crippen LogP) is 5.33. The van der Waals surface area contributed by atoms with E-state index < -0.39 is 6.04 Å². The molecule has 0 spiro atoms. The van der Waals surface area contributed by atoms with Crippen molar-refractivity contribution < 1.29 is 4.74 Å². The molecular weight excluding hydrogens is 331 g/mol. The van der Waals surface area contributed by atoms with Gasteiger partial charge in [0.2, 0.25) is 0 Å². The van der Waals surface area contributed by atoms with Crippen LogP contribution >= 0.6 is 34.8 Å². The number of hydrogen-bond donors (Lipinski definition) is 1. The number of anilines is 1. The van der Waals surface area contributed by atoms with E-state index in [-0.39, 0.29) is 0 Å². The maximum absolute atomic E-state index is 9.41. The SMILES string of the molecule is COc1ccccc1C(C#N)Nc1cc(Cl)c(Cl)cc1Cl. The molecule has 0 amide bonds. The van der Waals surface area contributed by atoms with Crippen molar-refractivity contribution in [3.63, 3.8) is 0 Å². The zero-order valence-electron chi connectivity index (χ0n) is 11.0. The fraction of sp³-hybridized carbons (Fsp3) is 0.133. The fourth-order valence-electron chi connectivity index (χ4n) is 1.87.